The third-order valence-corrected chi connectivity index (χ3v) is 13.2. The summed E-state index contributed by atoms with van der Waals surface area (Å²) < 4.78 is 12.5. The van der Waals surface area contributed by atoms with E-state index in [1.165, 1.54) is 63.4 Å². The second-order valence-corrected chi connectivity index (χ2v) is 15.1. The number of fused-ring (bicyclic) bond motifs is 7. The van der Waals surface area contributed by atoms with Gasteiger partial charge in [-0.25, -0.2) is 0 Å². The highest BCUT2D eigenvalue weighted by molar-refractivity contribution is 5.25. The molecule has 1 heterocycles. The van der Waals surface area contributed by atoms with Gasteiger partial charge in [0.15, 0.2) is 6.29 Å². The van der Waals surface area contributed by atoms with E-state index < -0.39 is 0 Å². The number of ether oxygens (including phenoxy) is 2. The summed E-state index contributed by atoms with van der Waals surface area (Å²) >= 11 is 0. The third kappa shape index (κ3) is 3.11. The zero-order valence-electron chi connectivity index (χ0n) is 23.1. The molecule has 5 fully saturated rings. The Morgan fingerprint density at radius 1 is 0.758 bits per heavy atom. The molecule has 0 bridgehead atoms. The molecule has 33 heavy (non-hydrogen) atoms. The Hall–Kier alpha value is -0.340. The van der Waals surface area contributed by atoms with Crippen LogP contribution in [-0.2, 0) is 9.47 Å². The molecule has 0 aromatic rings. The zero-order chi connectivity index (χ0) is 24.1. The van der Waals surface area contributed by atoms with Crippen LogP contribution in [0.1, 0.15) is 119 Å². The summed E-state index contributed by atoms with van der Waals surface area (Å²) in [6.07, 6.45) is 14.5. The van der Waals surface area contributed by atoms with Crippen molar-refractivity contribution in [1.29, 1.82) is 0 Å². The van der Waals surface area contributed by atoms with Gasteiger partial charge in [0.1, 0.15) is 0 Å². The van der Waals surface area contributed by atoms with Crippen molar-refractivity contribution in [2.75, 3.05) is 7.11 Å². The first-order valence-electron chi connectivity index (χ1n) is 14.1. The van der Waals surface area contributed by atoms with Crippen LogP contribution in [0.25, 0.3) is 0 Å². The predicted octanol–water partition coefficient (Wildman–Crippen LogP) is 8.55. The van der Waals surface area contributed by atoms with Crippen LogP contribution < -0.4 is 0 Å². The molecule has 2 heteroatoms. The van der Waals surface area contributed by atoms with E-state index in [0.717, 1.165) is 24.7 Å². The molecule has 0 N–H and O–H groups in total. The largest absolute Gasteiger partial charge is 0.356 e. The molecule has 9 unspecified atom stereocenters. The minimum absolute atomic E-state index is 0.0672. The van der Waals surface area contributed by atoms with Crippen molar-refractivity contribution in [3.8, 4) is 0 Å². The lowest BCUT2D eigenvalue weighted by Gasteiger charge is -2.74. The molecule has 0 spiro atoms. The Labute approximate surface area is 204 Å². The molecule has 9 atom stereocenters. The van der Waals surface area contributed by atoms with Crippen molar-refractivity contribution in [1.82, 2.24) is 0 Å². The van der Waals surface area contributed by atoms with Crippen molar-refractivity contribution in [3.63, 3.8) is 0 Å². The van der Waals surface area contributed by atoms with Gasteiger partial charge in [-0.3, -0.25) is 0 Å². The maximum absolute atomic E-state index is 6.80. The monoisotopic (exact) mass is 456 g/mol. The number of hydrogen-bond acceptors (Lipinski definition) is 2. The molecule has 1 saturated heterocycles. The summed E-state index contributed by atoms with van der Waals surface area (Å²) in [7, 11) is 1.81. The Morgan fingerprint density at radius 2 is 1.39 bits per heavy atom. The number of hydrogen-bond donors (Lipinski definition) is 0. The van der Waals surface area contributed by atoms with Crippen molar-refractivity contribution < 1.29 is 9.47 Å². The summed E-state index contributed by atoms with van der Waals surface area (Å²) in [5.74, 6) is 2.23. The van der Waals surface area contributed by atoms with E-state index in [1.54, 1.807) is 0 Å². The van der Waals surface area contributed by atoms with E-state index in [2.05, 4.69) is 55.0 Å². The maximum atomic E-state index is 6.80. The van der Waals surface area contributed by atoms with Gasteiger partial charge in [-0.15, -0.1) is 0 Å². The van der Waals surface area contributed by atoms with Crippen LogP contribution in [0.3, 0.4) is 0 Å². The Morgan fingerprint density at radius 3 is 2.06 bits per heavy atom. The number of rotatable bonds is 2. The van der Waals surface area contributed by atoms with Gasteiger partial charge in [-0.2, -0.15) is 0 Å². The van der Waals surface area contributed by atoms with Crippen molar-refractivity contribution in [2.24, 2.45) is 44.8 Å². The van der Waals surface area contributed by atoms with Crippen molar-refractivity contribution >= 4 is 0 Å². The Balaban J connectivity index is 1.54. The minimum Gasteiger partial charge on any atom is -0.356 e. The molecular weight excluding hydrogens is 404 g/mol. The summed E-state index contributed by atoms with van der Waals surface area (Å²) in [6, 6.07) is 0. The van der Waals surface area contributed by atoms with Gasteiger partial charge in [0.25, 0.3) is 0 Å². The average Bonchev–Trinajstić information content (AvgIpc) is 2.76. The summed E-state index contributed by atoms with van der Waals surface area (Å²) in [5.41, 5.74) is 3.31. The van der Waals surface area contributed by atoms with Crippen LogP contribution >= 0.6 is 0 Å². The van der Waals surface area contributed by atoms with Gasteiger partial charge in [0.05, 0.1) is 5.60 Å². The lowest BCUT2D eigenvalue weighted by molar-refractivity contribution is -0.303. The fourth-order valence-corrected chi connectivity index (χ4v) is 10.9. The van der Waals surface area contributed by atoms with E-state index in [1.807, 2.05) is 7.11 Å². The first kappa shape index (κ1) is 24.4. The van der Waals surface area contributed by atoms with E-state index in [-0.39, 0.29) is 11.9 Å². The smallest absolute Gasteiger partial charge is 0.158 e. The van der Waals surface area contributed by atoms with Crippen LogP contribution in [0.4, 0.5) is 0 Å². The highest BCUT2D eigenvalue weighted by Crippen LogP contribution is 2.77. The topological polar surface area (TPSA) is 18.5 Å². The van der Waals surface area contributed by atoms with Crippen LogP contribution in [0.15, 0.2) is 12.2 Å². The van der Waals surface area contributed by atoms with Crippen molar-refractivity contribution in [3.05, 3.63) is 12.2 Å². The van der Waals surface area contributed by atoms with E-state index in [4.69, 9.17) is 9.47 Å². The highest BCUT2D eigenvalue weighted by atomic mass is 16.7. The molecular formula is C31H52O2. The lowest BCUT2D eigenvalue weighted by Crippen LogP contribution is -2.69. The number of methoxy groups -OCH3 is 1. The Kier molecular flexibility index (Phi) is 5.42. The van der Waals surface area contributed by atoms with Crippen LogP contribution in [0.2, 0.25) is 0 Å². The molecule has 0 aromatic heterocycles. The van der Waals surface area contributed by atoms with E-state index in [0.29, 0.717) is 33.0 Å². The fraction of sp³-hybridized carbons (Fsp3) is 0.935. The second kappa shape index (κ2) is 7.34. The second-order valence-electron chi connectivity index (χ2n) is 15.1. The predicted molar refractivity (Wildman–Crippen MR) is 137 cm³/mol. The van der Waals surface area contributed by atoms with Gasteiger partial charge in [-0.1, -0.05) is 48.1 Å². The van der Waals surface area contributed by atoms with E-state index >= 15 is 0 Å². The van der Waals surface area contributed by atoms with Gasteiger partial charge in [0.2, 0.25) is 0 Å². The van der Waals surface area contributed by atoms with Gasteiger partial charge in [0, 0.05) is 7.11 Å². The molecule has 2 nitrogen and oxygen atoms in total. The average molecular weight is 457 g/mol. The zero-order valence-corrected chi connectivity index (χ0v) is 23.1. The molecule has 0 aromatic carbocycles. The quantitative estimate of drug-likeness (QED) is 0.387. The highest BCUT2D eigenvalue weighted by Gasteiger charge is 2.71. The van der Waals surface area contributed by atoms with E-state index in [9.17, 15) is 0 Å². The van der Waals surface area contributed by atoms with Crippen LogP contribution in [-0.4, -0.2) is 19.0 Å². The van der Waals surface area contributed by atoms with Crippen LogP contribution in [0.5, 0.6) is 0 Å². The molecule has 5 aliphatic rings. The molecule has 4 aliphatic carbocycles. The van der Waals surface area contributed by atoms with Gasteiger partial charge < -0.3 is 9.47 Å². The minimum atomic E-state index is -0.190. The van der Waals surface area contributed by atoms with Crippen molar-refractivity contribution in [2.45, 2.75) is 131 Å². The first-order valence-corrected chi connectivity index (χ1v) is 14.1. The maximum Gasteiger partial charge on any atom is 0.158 e. The van der Waals surface area contributed by atoms with Crippen LogP contribution in [0, 0.1) is 44.8 Å². The lowest BCUT2D eigenvalue weighted by atomic mass is 9.31. The SMILES string of the molecule is C=C(C)C12CCC3C(C)(CCC4(C)C5CC(C)(C)CCC5(C)CCC34C)C1CCC(OC)O2. The summed E-state index contributed by atoms with van der Waals surface area (Å²) in [4.78, 5) is 0. The molecule has 0 radical (unpaired) electrons. The summed E-state index contributed by atoms with van der Waals surface area (Å²) in [5, 5.41) is 0. The molecule has 188 valence electrons. The Bertz CT molecular complexity index is 816. The molecule has 5 rings (SSSR count). The fourth-order valence-electron chi connectivity index (χ4n) is 10.9. The molecule has 0 amide bonds. The molecule has 4 saturated carbocycles. The standard InChI is InChI=1S/C31H52O2/c1-21(2)31-13-12-22-28(6,23(31)10-11-25(32-9)33-31)17-19-30(8)24-20-26(3,4)14-15-27(24,5)16-18-29(22,30)7/h22-25H,1,10-20H2,2-9H3. The normalized spacial score (nSPS) is 55.5. The van der Waals surface area contributed by atoms with Gasteiger partial charge >= 0.3 is 0 Å². The van der Waals surface area contributed by atoms with Gasteiger partial charge in [-0.05, 0) is 128 Å². The summed E-state index contributed by atoms with van der Waals surface area (Å²) in [6.45, 7) is 22.6. The third-order valence-electron chi connectivity index (χ3n) is 13.2. The molecule has 1 aliphatic heterocycles. The first-order chi connectivity index (χ1) is 15.3.